The van der Waals surface area contributed by atoms with E-state index < -0.39 is 11.5 Å². The van der Waals surface area contributed by atoms with Crippen molar-refractivity contribution in [1.82, 2.24) is 14.8 Å². The van der Waals surface area contributed by atoms with Gasteiger partial charge in [-0.15, -0.1) is 0 Å². The molecule has 2 atom stereocenters. The number of nitrogens with one attached hydrogen (secondary N) is 1. The minimum atomic E-state index is -1.40. The average Bonchev–Trinajstić information content (AvgIpc) is 3.12. The third-order valence-electron chi connectivity index (χ3n) is 6.99. The lowest BCUT2D eigenvalue weighted by atomic mass is 9.87. The first-order valence-corrected chi connectivity index (χ1v) is 12.8. The molecule has 190 valence electrons. The Hall–Kier alpha value is -2.44. The van der Waals surface area contributed by atoms with E-state index in [1.165, 1.54) is 11.6 Å². The smallest absolute Gasteiger partial charge is 0.165 e. The SMILES string of the molecule is C=C(/C=C(F)\C(=C/C)OC1CN(CCC)C1)[C@@H]1c2[nH]c3ccccc3c2C[C@@H](C)N1CC(C)(C)F. The molecule has 0 amide bonds. The van der Waals surface area contributed by atoms with Crippen molar-refractivity contribution in [2.75, 3.05) is 26.2 Å². The number of benzene rings is 1. The third kappa shape index (κ3) is 5.54. The van der Waals surface area contributed by atoms with Crippen LogP contribution in [0.2, 0.25) is 0 Å². The molecule has 1 fully saturated rings. The molecule has 2 aromatic rings. The second kappa shape index (κ2) is 10.3. The largest absolute Gasteiger partial charge is 0.485 e. The zero-order valence-corrected chi connectivity index (χ0v) is 21.7. The van der Waals surface area contributed by atoms with Gasteiger partial charge in [0.25, 0.3) is 0 Å². The number of nitrogens with zero attached hydrogens (tertiary/aromatic N) is 2. The Bertz CT molecular complexity index is 1120. The number of hydrogen-bond donors (Lipinski definition) is 1. The molecule has 3 heterocycles. The second-order valence-corrected chi connectivity index (χ2v) is 10.6. The van der Waals surface area contributed by atoms with Gasteiger partial charge in [-0.05, 0) is 76.4 Å². The first-order valence-electron chi connectivity index (χ1n) is 12.8. The Morgan fingerprint density at radius 3 is 2.66 bits per heavy atom. The van der Waals surface area contributed by atoms with Gasteiger partial charge in [-0.2, -0.15) is 0 Å². The van der Waals surface area contributed by atoms with E-state index in [1.807, 2.05) is 18.2 Å². The monoisotopic (exact) mass is 483 g/mol. The number of H-pyrrole nitrogens is 1. The highest BCUT2D eigenvalue weighted by Gasteiger charge is 2.38. The quantitative estimate of drug-likeness (QED) is 0.321. The van der Waals surface area contributed by atoms with Crippen molar-refractivity contribution in [3.63, 3.8) is 0 Å². The van der Waals surface area contributed by atoms with Gasteiger partial charge in [0.05, 0.1) is 6.04 Å². The molecule has 0 spiro atoms. The minimum absolute atomic E-state index is 0.000915. The first kappa shape index (κ1) is 25.6. The van der Waals surface area contributed by atoms with Gasteiger partial charge < -0.3 is 9.72 Å². The molecule has 6 heteroatoms. The molecule has 1 N–H and O–H groups in total. The van der Waals surface area contributed by atoms with Crippen molar-refractivity contribution in [1.29, 1.82) is 0 Å². The van der Waals surface area contributed by atoms with Gasteiger partial charge in [0, 0.05) is 42.3 Å². The summed E-state index contributed by atoms with van der Waals surface area (Å²) in [4.78, 5) is 7.95. The number of hydrogen-bond acceptors (Lipinski definition) is 3. The summed E-state index contributed by atoms with van der Waals surface area (Å²) in [5.41, 5.74) is 2.39. The highest BCUT2D eigenvalue weighted by Crippen LogP contribution is 2.42. The highest BCUT2D eigenvalue weighted by molar-refractivity contribution is 5.85. The second-order valence-electron chi connectivity index (χ2n) is 10.6. The summed E-state index contributed by atoms with van der Waals surface area (Å²) in [6, 6.07) is 7.89. The lowest BCUT2D eigenvalue weighted by molar-refractivity contribution is -0.0209. The number of aromatic nitrogens is 1. The Kier molecular flexibility index (Phi) is 7.53. The van der Waals surface area contributed by atoms with Gasteiger partial charge in [0.15, 0.2) is 11.6 Å². The Morgan fingerprint density at radius 2 is 2.00 bits per heavy atom. The van der Waals surface area contributed by atoms with Crippen LogP contribution in [0.15, 0.2) is 60.2 Å². The predicted octanol–water partition coefficient (Wildman–Crippen LogP) is 6.63. The fourth-order valence-electron chi connectivity index (χ4n) is 5.44. The molecule has 4 rings (SSSR count). The Balaban J connectivity index is 1.63. The molecule has 0 saturated carbocycles. The third-order valence-corrected chi connectivity index (χ3v) is 6.99. The number of likely N-dealkylation sites (tertiary alicyclic amines) is 1. The van der Waals surface area contributed by atoms with Gasteiger partial charge >= 0.3 is 0 Å². The fourth-order valence-corrected chi connectivity index (χ4v) is 5.44. The number of halogens is 2. The Morgan fingerprint density at radius 1 is 1.29 bits per heavy atom. The van der Waals surface area contributed by atoms with Crippen molar-refractivity contribution in [2.45, 2.75) is 71.3 Å². The molecule has 2 aliphatic rings. The molecule has 0 bridgehead atoms. The van der Waals surface area contributed by atoms with Crippen molar-refractivity contribution >= 4 is 10.9 Å². The molecule has 0 unspecified atom stereocenters. The van der Waals surface area contributed by atoms with E-state index in [0.717, 1.165) is 49.1 Å². The minimum Gasteiger partial charge on any atom is -0.485 e. The summed E-state index contributed by atoms with van der Waals surface area (Å²) >= 11 is 0. The standard InChI is InChI=1S/C29H39F2N3O/c1-7-13-33-16-21(17-33)35-26(8-2)24(30)14-19(3)28-27-23(22-11-9-10-12-25(22)32-27)15-20(4)34(28)18-29(5,6)31/h8-12,14,20-21,28,32H,3,7,13,15-18H2,1-2,4-6H3/b24-14+,26-8+/t20-,28-/m1/s1. The summed E-state index contributed by atoms with van der Waals surface area (Å²) in [7, 11) is 0. The van der Waals surface area contributed by atoms with E-state index in [9.17, 15) is 4.39 Å². The summed E-state index contributed by atoms with van der Waals surface area (Å²) < 4.78 is 36.3. The lowest BCUT2D eigenvalue weighted by Gasteiger charge is -2.43. The van der Waals surface area contributed by atoms with Gasteiger partial charge in [-0.3, -0.25) is 9.80 Å². The zero-order valence-electron chi connectivity index (χ0n) is 21.7. The summed E-state index contributed by atoms with van der Waals surface area (Å²) in [5, 5.41) is 1.16. The van der Waals surface area contributed by atoms with E-state index >= 15 is 4.39 Å². The molecule has 1 saturated heterocycles. The van der Waals surface area contributed by atoms with Crippen LogP contribution in [0, 0.1) is 0 Å². The topological polar surface area (TPSA) is 31.5 Å². The number of ether oxygens (including phenoxy) is 1. The van der Waals surface area contributed by atoms with E-state index in [2.05, 4.69) is 41.3 Å². The van der Waals surface area contributed by atoms with Crippen LogP contribution >= 0.6 is 0 Å². The molecule has 0 aliphatic carbocycles. The van der Waals surface area contributed by atoms with Crippen molar-refractivity contribution in [3.05, 3.63) is 71.4 Å². The highest BCUT2D eigenvalue weighted by atomic mass is 19.1. The fraction of sp³-hybridized carbons (Fsp3) is 0.517. The van der Waals surface area contributed by atoms with E-state index in [1.54, 1.807) is 26.8 Å². The van der Waals surface area contributed by atoms with Crippen LogP contribution in [0.1, 0.15) is 58.3 Å². The van der Waals surface area contributed by atoms with Crippen molar-refractivity contribution in [3.8, 4) is 0 Å². The maximum atomic E-state index is 15.5. The van der Waals surface area contributed by atoms with E-state index in [-0.39, 0.29) is 30.5 Å². The first-order chi connectivity index (χ1) is 16.6. The van der Waals surface area contributed by atoms with Crippen LogP contribution in [0.4, 0.5) is 8.78 Å². The van der Waals surface area contributed by atoms with Crippen LogP contribution < -0.4 is 0 Å². The number of rotatable bonds is 9. The number of para-hydroxylation sites is 1. The molecule has 1 aromatic carbocycles. The normalized spacial score (nSPS) is 22.8. The van der Waals surface area contributed by atoms with E-state index in [0.29, 0.717) is 5.57 Å². The summed E-state index contributed by atoms with van der Waals surface area (Å²) in [5.74, 6) is -0.202. The van der Waals surface area contributed by atoms with Gasteiger partial charge in [0.2, 0.25) is 0 Å². The van der Waals surface area contributed by atoms with Crippen LogP contribution in [0.3, 0.4) is 0 Å². The molecular formula is C29H39F2N3O. The number of aromatic amines is 1. The van der Waals surface area contributed by atoms with Crippen LogP contribution in [-0.4, -0.2) is 58.8 Å². The van der Waals surface area contributed by atoms with Gasteiger partial charge in [-0.25, -0.2) is 8.78 Å². The molecule has 1 aromatic heterocycles. The molecule has 2 aliphatic heterocycles. The number of fused-ring (bicyclic) bond motifs is 3. The molecule has 35 heavy (non-hydrogen) atoms. The summed E-state index contributed by atoms with van der Waals surface area (Å²) in [6.07, 6.45) is 5.03. The zero-order chi connectivity index (χ0) is 25.3. The van der Waals surface area contributed by atoms with E-state index in [4.69, 9.17) is 4.74 Å². The number of alkyl halides is 1. The predicted molar refractivity (Wildman–Crippen MR) is 140 cm³/mol. The van der Waals surface area contributed by atoms with Crippen LogP contribution in [-0.2, 0) is 11.2 Å². The summed E-state index contributed by atoms with van der Waals surface area (Å²) in [6.45, 7) is 16.4. The maximum absolute atomic E-state index is 15.5. The number of allylic oxidation sites excluding steroid dienone is 2. The molecule has 0 radical (unpaired) electrons. The maximum Gasteiger partial charge on any atom is 0.165 e. The lowest BCUT2D eigenvalue weighted by Crippen LogP contribution is -2.52. The molecule has 4 nitrogen and oxygen atoms in total. The van der Waals surface area contributed by atoms with Crippen molar-refractivity contribution < 1.29 is 13.5 Å². The van der Waals surface area contributed by atoms with Gasteiger partial charge in [-0.1, -0.05) is 31.7 Å². The molecular weight excluding hydrogens is 444 g/mol. The average molecular weight is 484 g/mol. The van der Waals surface area contributed by atoms with Crippen LogP contribution in [0.25, 0.3) is 10.9 Å². The van der Waals surface area contributed by atoms with Crippen LogP contribution in [0.5, 0.6) is 0 Å². The van der Waals surface area contributed by atoms with Crippen molar-refractivity contribution in [2.24, 2.45) is 0 Å². The Labute approximate surface area is 208 Å². The van der Waals surface area contributed by atoms with Gasteiger partial charge in [0.1, 0.15) is 11.8 Å².